The average Bonchev–Trinajstić information content (AvgIpc) is 2.88. The van der Waals surface area contributed by atoms with Gasteiger partial charge >= 0.3 is 5.97 Å². The molecule has 2 N–H and O–H groups in total. The molecule has 0 bridgehead atoms. The van der Waals surface area contributed by atoms with Gasteiger partial charge in [-0.3, -0.25) is 9.59 Å². The Morgan fingerprint density at radius 3 is 2.19 bits per heavy atom. The van der Waals surface area contributed by atoms with Gasteiger partial charge in [-0.05, 0) is 46.6 Å². The van der Waals surface area contributed by atoms with E-state index in [1.54, 1.807) is 0 Å². The van der Waals surface area contributed by atoms with Crippen molar-refractivity contribution in [3.8, 4) is 0 Å². The zero-order chi connectivity index (χ0) is 26.8. The first kappa shape index (κ1) is 27.9. The number of carbonyl (C=O) groups is 3. The molecular formula is C31H38N2O4. The molecule has 196 valence electrons. The zero-order valence-electron chi connectivity index (χ0n) is 22.2. The fourth-order valence-corrected chi connectivity index (χ4v) is 4.30. The third-order valence-corrected chi connectivity index (χ3v) is 6.30. The zero-order valence-corrected chi connectivity index (χ0v) is 22.2. The lowest BCUT2D eigenvalue weighted by atomic mass is 9.99. The number of hydrogen-bond acceptors (Lipinski definition) is 4. The second-order valence-corrected chi connectivity index (χ2v) is 10.2. The van der Waals surface area contributed by atoms with Crippen LogP contribution in [-0.4, -0.2) is 29.9 Å². The first-order valence-electron chi connectivity index (χ1n) is 13.0. The smallest absolute Gasteiger partial charge is 0.329 e. The fraction of sp³-hybridized carbons (Fsp3) is 0.387. The van der Waals surface area contributed by atoms with Crippen molar-refractivity contribution >= 4 is 28.6 Å². The predicted octanol–water partition coefficient (Wildman–Crippen LogP) is 5.19. The minimum Gasteiger partial charge on any atom is -0.459 e. The first-order chi connectivity index (χ1) is 17.7. The molecule has 3 rings (SSSR count). The van der Waals surface area contributed by atoms with Crippen LogP contribution in [0.25, 0.3) is 10.8 Å². The summed E-state index contributed by atoms with van der Waals surface area (Å²) in [4.78, 5) is 38.9. The Balaban J connectivity index is 1.61. The number of carbonyl (C=O) groups excluding carboxylic acids is 3. The predicted molar refractivity (Wildman–Crippen MR) is 147 cm³/mol. The molecule has 0 saturated carbocycles. The molecule has 3 aromatic carbocycles. The van der Waals surface area contributed by atoms with Gasteiger partial charge < -0.3 is 15.4 Å². The molecule has 2 atom stereocenters. The molecule has 0 fully saturated rings. The lowest BCUT2D eigenvalue weighted by Crippen LogP contribution is -2.53. The quantitative estimate of drug-likeness (QED) is 0.334. The molecule has 3 aromatic rings. The van der Waals surface area contributed by atoms with E-state index in [9.17, 15) is 14.4 Å². The van der Waals surface area contributed by atoms with E-state index in [-0.39, 0.29) is 36.7 Å². The lowest BCUT2D eigenvalue weighted by molar-refractivity contribution is -0.150. The molecule has 0 radical (unpaired) electrons. The number of esters is 1. The van der Waals surface area contributed by atoms with Crippen LogP contribution in [0.4, 0.5) is 0 Å². The summed E-state index contributed by atoms with van der Waals surface area (Å²) in [6.45, 7) is 7.84. The highest BCUT2D eigenvalue weighted by atomic mass is 16.5. The van der Waals surface area contributed by atoms with Crippen molar-refractivity contribution in [1.82, 2.24) is 10.6 Å². The minimum atomic E-state index is -0.807. The molecule has 0 aliphatic rings. The number of amides is 2. The van der Waals surface area contributed by atoms with Gasteiger partial charge in [0.05, 0.1) is 0 Å². The summed E-state index contributed by atoms with van der Waals surface area (Å²) >= 11 is 0. The van der Waals surface area contributed by atoms with E-state index >= 15 is 0 Å². The molecule has 0 aliphatic heterocycles. The summed E-state index contributed by atoms with van der Waals surface area (Å²) in [7, 11) is 0. The van der Waals surface area contributed by atoms with Crippen molar-refractivity contribution in [1.29, 1.82) is 0 Å². The van der Waals surface area contributed by atoms with E-state index in [1.165, 1.54) is 0 Å². The molecule has 0 unspecified atom stereocenters. The van der Waals surface area contributed by atoms with Crippen molar-refractivity contribution in [3.05, 3.63) is 83.9 Å². The van der Waals surface area contributed by atoms with Crippen LogP contribution in [0.1, 0.15) is 51.7 Å². The van der Waals surface area contributed by atoms with Crippen molar-refractivity contribution in [2.24, 2.45) is 11.8 Å². The lowest BCUT2D eigenvalue weighted by Gasteiger charge is -2.25. The monoisotopic (exact) mass is 502 g/mol. The van der Waals surface area contributed by atoms with Crippen LogP contribution in [0.2, 0.25) is 0 Å². The maximum Gasteiger partial charge on any atom is 0.329 e. The number of rotatable bonds is 12. The Bertz CT molecular complexity index is 1180. The molecule has 0 aromatic heterocycles. The van der Waals surface area contributed by atoms with Crippen LogP contribution in [0, 0.1) is 11.8 Å². The molecular weight excluding hydrogens is 464 g/mol. The van der Waals surface area contributed by atoms with Crippen LogP contribution in [0.15, 0.2) is 72.8 Å². The van der Waals surface area contributed by atoms with Crippen LogP contribution < -0.4 is 10.6 Å². The Labute approximate surface area is 219 Å². The Hall–Kier alpha value is -3.67. The van der Waals surface area contributed by atoms with Gasteiger partial charge in [0.1, 0.15) is 18.7 Å². The second kappa shape index (κ2) is 13.6. The average molecular weight is 503 g/mol. The summed E-state index contributed by atoms with van der Waals surface area (Å²) in [5.74, 6) is -1.05. The molecule has 6 nitrogen and oxygen atoms in total. The van der Waals surface area contributed by atoms with E-state index in [4.69, 9.17) is 4.74 Å². The number of nitrogens with one attached hydrogen (secondary N) is 2. The maximum atomic E-state index is 13.2. The van der Waals surface area contributed by atoms with Gasteiger partial charge in [0.15, 0.2) is 0 Å². The van der Waals surface area contributed by atoms with E-state index in [0.717, 1.165) is 21.9 Å². The SMILES string of the molecule is CC(C)C[C@H](NC(=O)CCc1cccc2ccccc12)C(=O)N[C@H](C(=O)OCc1ccccc1)C(C)C. The van der Waals surface area contributed by atoms with Gasteiger partial charge in [-0.25, -0.2) is 4.79 Å². The Morgan fingerprint density at radius 1 is 0.811 bits per heavy atom. The van der Waals surface area contributed by atoms with Crippen LogP contribution in [0.3, 0.4) is 0 Å². The third kappa shape index (κ3) is 8.45. The van der Waals surface area contributed by atoms with Crippen LogP contribution in [0.5, 0.6) is 0 Å². The summed E-state index contributed by atoms with van der Waals surface area (Å²) in [6.07, 6.45) is 1.31. The number of hydrogen-bond donors (Lipinski definition) is 2. The van der Waals surface area contributed by atoms with E-state index in [0.29, 0.717) is 12.8 Å². The van der Waals surface area contributed by atoms with Gasteiger partial charge in [-0.15, -0.1) is 0 Å². The second-order valence-electron chi connectivity index (χ2n) is 10.2. The normalized spacial score (nSPS) is 12.8. The van der Waals surface area contributed by atoms with Gasteiger partial charge in [-0.1, -0.05) is 100 Å². The summed E-state index contributed by atoms with van der Waals surface area (Å²) in [5.41, 5.74) is 1.97. The highest BCUT2D eigenvalue weighted by Gasteiger charge is 2.30. The van der Waals surface area contributed by atoms with Gasteiger partial charge in [0, 0.05) is 6.42 Å². The van der Waals surface area contributed by atoms with Crippen LogP contribution in [-0.2, 0) is 32.1 Å². The summed E-state index contributed by atoms with van der Waals surface area (Å²) in [6, 6.07) is 22.0. The largest absolute Gasteiger partial charge is 0.459 e. The number of fused-ring (bicyclic) bond motifs is 1. The number of benzene rings is 3. The molecule has 2 amide bonds. The molecule has 0 aliphatic carbocycles. The maximum absolute atomic E-state index is 13.2. The number of ether oxygens (including phenoxy) is 1. The molecule has 0 spiro atoms. The van der Waals surface area contributed by atoms with E-state index < -0.39 is 18.1 Å². The van der Waals surface area contributed by atoms with Crippen molar-refractivity contribution < 1.29 is 19.1 Å². The molecule has 37 heavy (non-hydrogen) atoms. The number of aryl methyl sites for hydroxylation is 1. The van der Waals surface area contributed by atoms with Gasteiger partial charge in [0.2, 0.25) is 11.8 Å². The first-order valence-corrected chi connectivity index (χ1v) is 13.0. The summed E-state index contributed by atoms with van der Waals surface area (Å²) < 4.78 is 5.48. The topological polar surface area (TPSA) is 84.5 Å². The Kier molecular flexibility index (Phi) is 10.2. The minimum absolute atomic E-state index is 0.138. The van der Waals surface area contributed by atoms with Crippen molar-refractivity contribution in [2.45, 2.75) is 65.6 Å². The molecule has 0 saturated heterocycles. The van der Waals surface area contributed by atoms with E-state index in [2.05, 4.69) is 28.8 Å². The standard InChI is InChI=1S/C31H38N2O4/c1-21(2)19-27(32-28(34)18-17-25-15-10-14-24-13-8-9-16-26(24)25)30(35)33-29(22(3)4)31(36)37-20-23-11-6-5-7-12-23/h5-16,21-22,27,29H,17-20H2,1-4H3,(H,32,34)(H,33,35)/t27-,29-/m0/s1. The highest BCUT2D eigenvalue weighted by Crippen LogP contribution is 2.20. The van der Waals surface area contributed by atoms with E-state index in [1.807, 2.05) is 82.3 Å². The fourth-order valence-electron chi connectivity index (χ4n) is 4.30. The summed E-state index contributed by atoms with van der Waals surface area (Å²) in [5, 5.41) is 8.00. The van der Waals surface area contributed by atoms with Crippen molar-refractivity contribution in [3.63, 3.8) is 0 Å². The Morgan fingerprint density at radius 2 is 1.49 bits per heavy atom. The van der Waals surface area contributed by atoms with Crippen LogP contribution >= 0.6 is 0 Å². The third-order valence-electron chi connectivity index (χ3n) is 6.30. The van der Waals surface area contributed by atoms with Gasteiger partial charge in [0.25, 0.3) is 0 Å². The molecule has 6 heteroatoms. The van der Waals surface area contributed by atoms with Crippen molar-refractivity contribution in [2.75, 3.05) is 0 Å². The highest BCUT2D eigenvalue weighted by molar-refractivity contribution is 5.91. The molecule has 0 heterocycles. The van der Waals surface area contributed by atoms with Gasteiger partial charge in [-0.2, -0.15) is 0 Å².